The predicted molar refractivity (Wildman–Crippen MR) is 62.1 cm³/mol. The lowest BCUT2D eigenvalue weighted by Gasteiger charge is -2.23. The smallest absolute Gasteiger partial charge is 0.140 e. The third kappa shape index (κ3) is 5.02. The second-order valence-corrected chi connectivity index (χ2v) is 4.61. The van der Waals surface area contributed by atoms with Crippen molar-refractivity contribution in [3.05, 3.63) is 0 Å². The van der Waals surface area contributed by atoms with Gasteiger partial charge in [0.25, 0.3) is 0 Å². The van der Waals surface area contributed by atoms with Crippen LogP contribution in [0.15, 0.2) is 5.16 Å². The Morgan fingerprint density at radius 1 is 1.47 bits per heavy atom. The average molecular weight is 213 g/mol. The van der Waals surface area contributed by atoms with Gasteiger partial charge in [-0.1, -0.05) is 24.4 Å². The Morgan fingerprint density at radius 2 is 2.13 bits per heavy atom. The highest BCUT2D eigenvalue weighted by Crippen LogP contribution is 2.22. The van der Waals surface area contributed by atoms with Gasteiger partial charge in [-0.2, -0.15) is 0 Å². The molecular formula is C11H23N3O. The van der Waals surface area contributed by atoms with E-state index in [4.69, 9.17) is 10.9 Å². The van der Waals surface area contributed by atoms with E-state index < -0.39 is 0 Å². The van der Waals surface area contributed by atoms with Gasteiger partial charge in [-0.3, -0.25) is 0 Å². The quantitative estimate of drug-likeness (QED) is 0.282. The maximum atomic E-state index is 8.44. The van der Waals surface area contributed by atoms with Gasteiger partial charge in [0.1, 0.15) is 5.84 Å². The van der Waals surface area contributed by atoms with E-state index in [1.165, 1.54) is 32.1 Å². The van der Waals surface area contributed by atoms with E-state index in [-0.39, 0.29) is 0 Å². The fraction of sp³-hybridized carbons (Fsp3) is 0.909. The van der Waals surface area contributed by atoms with Gasteiger partial charge in [0, 0.05) is 12.5 Å². The Morgan fingerprint density at radius 3 is 2.73 bits per heavy atom. The third-order valence-corrected chi connectivity index (χ3v) is 3.12. The molecule has 88 valence electrons. The summed E-state index contributed by atoms with van der Waals surface area (Å²) < 4.78 is 0. The molecule has 0 spiro atoms. The summed E-state index contributed by atoms with van der Waals surface area (Å²) in [6.07, 6.45) is 7.47. The van der Waals surface area contributed by atoms with Crippen LogP contribution in [0.5, 0.6) is 0 Å². The van der Waals surface area contributed by atoms with Crippen LogP contribution in [-0.2, 0) is 0 Å². The van der Waals surface area contributed by atoms with Crippen LogP contribution in [0.2, 0.25) is 0 Å². The van der Waals surface area contributed by atoms with Gasteiger partial charge in [0.2, 0.25) is 0 Å². The maximum absolute atomic E-state index is 8.44. The molecule has 0 aromatic heterocycles. The lowest BCUT2D eigenvalue weighted by molar-refractivity contribution is 0.313. The van der Waals surface area contributed by atoms with Crippen molar-refractivity contribution in [1.29, 1.82) is 0 Å². The average Bonchev–Trinajstić information content (AvgIpc) is 2.27. The fourth-order valence-corrected chi connectivity index (χ4v) is 2.19. The molecular weight excluding hydrogens is 190 g/mol. The SMILES string of the molecule is CC(CC(N)=NO)NCC1CCCCC1. The molecule has 4 heteroatoms. The topological polar surface area (TPSA) is 70.6 Å². The lowest BCUT2D eigenvalue weighted by Crippen LogP contribution is -2.35. The largest absolute Gasteiger partial charge is 0.409 e. The van der Waals surface area contributed by atoms with Crippen molar-refractivity contribution in [2.45, 2.75) is 51.5 Å². The molecule has 4 N–H and O–H groups in total. The van der Waals surface area contributed by atoms with E-state index in [0.717, 1.165) is 12.5 Å². The molecule has 1 aliphatic carbocycles. The predicted octanol–water partition coefficient (Wildman–Crippen LogP) is 1.68. The molecule has 1 saturated carbocycles. The first-order valence-electron chi connectivity index (χ1n) is 5.92. The van der Waals surface area contributed by atoms with Crippen LogP contribution in [0.3, 0.4) is 0 Å². The van der Waals surface area contributed by atoms with E-state index in [0.29, 0.717) is 18.3 Å². The number of nitrogens with one attached hydrogen (secondary N) is 1. The van der Waals surface area contributed by atoms with E-state index in [1.807, 2.05) is 0 Å². The number of nitrogens with zero attached hydrogens (tertiary/aromatic N) is 1. The molecule has 1 fully saturated rings. The second-order valence-electron chi connectivity index (χ2n) is 4.61. The van der Waals surface area contributed by atoms with Gasteiger partial charge in [-0.25, -0.2) is 0 Å². The molecule has 0 saturated heterocycles. The van der Waals surface area contributed by atoms with Gasteiger partial charge in [0.15, 0.2) is 0 Å². The van der Waals surface area contributed by atoms with Crippen LogP contribution < -0.4 is 11.1 Å². The minimum absolute atomic E-state index is 0.294. The number of oxime groups is 1. The number of nitrogens with two attached hydrogens (primary N) is 1. The molecule has 1 unspecified atom stereocenters. The molecule has 0 aromatic rings. The summed E-state index contributed by atoms with van der Waals surface area (Å²) in [4.78, 5) is 0. The molecule has 0 aliphatic heterocycles. The second kappa shape index (κ2) is 6.67. The van der Waals surface area contributed by atoms with Crippen LogP contribution in [0, 0.1) is 5.92 Å². The number of hydrogen-bond acceptors (Lipinski definition) is 3. The summed E-state index contributed by atoms with van der Waals surface area (Å²) in [6.45, 7) is 3.14. The van der Waals surface area contributed by atoms with Gasteiger partial charge in [0.05, 0.1) is 0 Å². The molecule has 0 radical (unpaired) electrons. The summed E-state index contributed by atoms with van der Waals surface area (Å²) in [5.74, 6) is 1.13. The normalized spacial score (nSPS) is 21.5. The van der Waals surface area contributed by atoms with Crippen LogP contribution >= 0.6 is 0 Å². The molecule has 0 heterocycles. The van der Waals surface area contributed by atoms with Gasteiger partial charge >= 0.3 is 0 Å². The first-order valence-corrected chi connectivity index (χ1v) is 5.92. The van der Waals surface area contributed by atoms with Gasteiger partial charge in [-0.15, -0.1) is 0 Å². The Hall–Kier alpha value is -0.770. The molecule has 0 amide bonds. The van der Waals surface area contributed by atoms with Crippen molar-refractivity contribution < 1.29 is 5.21 Å². The van der Waals surface area contributed by atoms with Gasteiger partial charge < -0.3 is 16.3 Å². The molecule has 1 aliphatic rings. The summed E-state index contributed by atoms with van der Waals surface area (Å²) >= 11 is 0. The van der Waals surface area contributed by atoms with Crippen LogP contribution in [0.1, 0.15) is 45.4 Å². The monoisotopic (exact) mass is 213 g/mol. The van der Waals surface area contributed by atoms with E-state index in [9.17, 15) is 0 Å². The van der Waals surface area contributed by atoms with Crippen molar-refractivity contribution in [3.8, 4) is 0 Å². The highest BCUT2D eigenvalue weighted by Gasteiger charge is 2.14. The minimum atomic E-state index is 0.294. The fourth-order valence-electron chi connectivity index (χ4n) is 2.19. The zero-order valence-electron chi connectivity index (χ0n) is 9.58. The Bertz CT molecular complexity index is 200. The molecule has 1 atom stereocenters. The summed E-state index contributed by atoms with van der Waals surface area (Å²) in [6, 6.07) is 0.294. The van der Waals surface area contributed by atoms with Crippen LogP contribution in [0.4, 0.5) is 0 Å². The zero-order valence-corrected chi connectivity index (χ0v) is 9.58. The summed E-state index contributed by atoms with van der Waals surface area (Å²) in [5, 5.41) is 14.9. The number of amidine groups is 1. The highest BCUT2D eigenvalue weighted by atomic mass is 16.4. The van der Waals surface area contributed by atoms with Crippen molar-refractivity contribution >= 4 is 5.84 Å². The van der Waals surface area contributed by atoms with Crippen molar-refractivity contribution in [1.82, 2.24) is 5.32 Å². The molecule has 0 aromatic carbocycles. The standard InChI is InChI=1S/C11H23N3O/c1-9(7-11(12)14-15)13-8-10-5-3-2-4-6-10/h9-10,13,15H,2-8H2,1H3,(H2,12,14). The first kappa shape index (κ1) is 12.3. The van der Waals surface area contributed by atoms with Crippen LogP contribution in [-0.4, -0.2) is 23.6 Å². The Labute approximate surface area is 91.9 Å². The number of rotatable bonds is 5. The third-order valence-electron chi connectivity index (χ3n) is 3.12. The molecule has 0 bridgehead atoms. The summed E-state index contributed by atoms with van der Waals surface area (Å²) in [7, 11) is 0. The maximum Gasteiger partial charge on any atom is 0.140 e. The van der Waals surface area contributed by atoms with Crippen molar-refractivity contribution in [2.24, 2.45) is 16.8 Å². The molecule has 15 heavy (non-hydrogen) atoms. The first-order chi connectivity index (χ1) is 7.22. The van der Waals surface area contributed by atoms with E-state index in [1.54, 1.807) is 0 Å². The summed E-state index contributed by atoms with van der Waals surface area (Å²) in [5.41, 5.74) is 5.44. The zero-order chi connectivity index (χ0) is 11.1. The Balaban J connectivity index is 2.12. The Kier molecular flexibility index (Phi) is 5.47. The van der Waals surface area contributed by atoms with E-state index in [2.05, 4.69) is 17.4 Å². The van der Waals surface area contributed by atoms with Gasteiger partial charge in [-0.05, 0) is 32.2 Å². The molecule has 1 rings (SSSR count). The lowest BCUT2D eigenvalue weighted by atomic mass is 9.89. The minimum Gasteiger partial charge on any atom is -0.409 e. The van der Waals surface area contributed by atoms with Crippen molar-refractivity contribution in [3.63, 3.8) is 0 Å². The highest BCUT2D eigenvalue weighted by molar-refractivity contribution is 5.80. The van der Waals surface area contributed by atoms with E-state index >= 15 is 0 Å². The van der Waals surface area contributed by atoms with Crippen LogP contribution in [0.25, 0.3) is 0 Å². The molecule has 4 nitrogen and oxygen atoms in total. The number of hydrogen-bond donors (Lipinski definition) is 3. The van der Waals surface area contributed by atoms with Crippen molar-refractivity contribution in [2.75, 3.05) is 6.54 Å².